The van der Waals surface area contributed by atoms with Gasteiger partial charge < -0.3 is 10.1 Å². The zero-order valence-electron chi connectivity index (χ0n) is 8.87. The lowest BCUT2D eigenvalue weighted by molar-refractivity contribution is 0.0939. The van der Waals surface area contributed by atoms with Crippen LogP contribution in [-0.2, 0) is 0 Å². The molecule has 0 saturated heterocycles. The maximum atomic E-state index is 11.7. The first-order valence-corrected chi connectivity index (χ1v) is 4.92. The Labute approximate surface area is 93.6 Å². The standard InChI is InChI=1S/C10H13ClN2O2/c1-6(2)13-10(14)7-5-12-9(11)4-8(7)15-3/h4-6H,1-3H3,(H,13,14). The Bertz CT molecular complexity index is 366. The summed E-state index contributed by atoms with van der Waals surface area (Å²) in [7, 11) is 1.48. The fraction of sp³-hybridized carbons (Fsp3) is 0.400. The molecule has 0 bridgehead atoms. The van der Waals surface area contributed by atoms with Gasteiger partial charge in [-0.05, 0) is 13.8 Å². The van der Waals surface area contributed by atoms with E-state index < -0.39 is 0 Å². The predicted octanol–water partition coefficient (Wildman–Crippen LogP) is 1.88. The lowest BCUT2D eigenvalue weighted by Gasteiger charge is -2.11. The Hall–Kier alpha value is -1.29. The number of hydrogen-bond donors (Lipinski definition) is 1. The number of amides is 1. The van der Waals surface area contributed by atoms with E-state index in [4.69, 9.17) is 16.3 Å². The van der Waals surface area contributed by atoms with Crippen LogP contribution in [0.3, 0.4) is 0 Å². The third-order valence-corrected chi connectivity index (χ3v) is 1.92. The molecule has 0 unspecified atom stereocenters. The summed E-state index contributed by atoms with van der Waals surface area (Å²) in [5.41, 5.74) is 0.385. The SMILES string of the molecule is COc1cc(Cl)ncc1C(=O)NC(C)C. The number of pyridine rings is 1. The zero-order valence-corrected chi connectivity index (χ0v) is 9.63. The third kappa shape index (κ3) is 3.09. The minimum atomic E-state index is -0.217. The van der Waals surface area contributed by atoms with Crippen LogP contribution < -0.4 is 10.1 Å². The Balaban J connectivity index is 2.97. The molecule has 1 heterocycles. The number of nitrogens with zero attached hydrogens (tertiary/aromatic N) is 1. The molecule has 15 heavy (non-hydrogen) atoms. The van der Waals surface area contributed by atoms with Crippen molar-refractivity contribution in [3.8, 4) is 5.75 Å². The van der Waals surface area contributed by atoms with Gasteiger partial charge in [-0.1, -0.05) is 11.6 Å². The van der Waals surface area contributed by atoms with Crippen molar-refractivity contribution < 1.29 is 9.53 Å². The van der Waals surface area contributed by atoms with E-state index >= 15 is 0 Å². The molecule has 5 heteroatoms. The van der Waals surface area contributed by atoms with Crippen molar-refractivity contribution in [3.63, 3.8) is 0 Å². The van der Waals surface area contributed by atoms with E-state index in [1.54, 1.807) is 0 Å². The van der Waals surface area contributed by atoms with Crippen LogP contribution in [0.4, 0.5) is 0 Å². The molecule has 0 aromatic carbocycles. The fourth-order valence-corrected chi connectivity index (χ4v) is 1.24. The number of carbonyl (C=O) groups excluding carboxylic acids is 1. The van der Waals surface area contributed by atoms with E-state index in [2.05, 4.69) is 10.3 Å². The molecule has 0 aliphatic carbocycles. The summed E-state index contributed by atoms with van der Waals surface area (Å²) in [5, 5.41) is 3.05. The molecule has 0 saturated carbocycles. The number of carbonyl (C=O) groups is 1. The first kappa shape index (κ1) is 11.8. The number of nitrogens with one attached hydrogen (secondary N) is 1. The largest absolute Gasteiger partial charge is 0.496 e. The molecule has 82 valence electrons. The van der Waals surface area contributed by atoms with Crippen LogP contribution in [0.1, 0.15) is 24.2 Å². The molecule has 0 fully saturated rings. The highest BCUT2D eigenvalue weighted by Gasteiger charge is 2.13. The van der Waals surface area contributed by atoms with E-state index in [-0.39, 0.29) is 11.9 Å². The molecule has 1 aromatic rings. The zero-order chi connectivity index (χ0) is 11.4. The van der Waals surface area contributed by atoms with E-state index in [0.29, 0.717) is 16.5 Å². The van der Waals surface area contributed by atoms with Crippen LogP contribution in [-0.4, -0.2) is 24.0 Å². The molecule has 0 aliphatic heterocycles. The van der Waals surface area contributed by atoms with Gasteiger partial charge in [0.15, 0.2) is 0 Å². The fourth-order valence-electron chi connectivity index (χ4n) is 1.09. The maximum absolute atomic E-state index is 11.7. The normalized spacial score (nSPS) is 10.2. The number of ether oxygens (including phenoxy) is 1. The van der Waals surface area contributed by atoms with Crippen molar-refractivity contribution in [1.82, 2.24) is 10.3 Å². The molecular weight excluding hydrogens is 216 g/mol. The lowest BCUT2D eigenvalue weighted by Crippen LogP contribution is -2.30. The molecular formula is C10H13ClN2O2. The van der Waals surface area contributed by atoms with E-state index in [0.717, 1.165) is 0 Å². The van der Waals surface area contributed by atoms with Gasteiger partial charge in [0.05, 0.1) is 12.7 Å². The number of halogens is 1. The second-order valence-electron chi connectivity index (χ2n) is 3.34. The number of methoxy groups -OCH3 is 1. The second-order valence-corrected chi connectivity index (χ2v) is 3.72. The summed E-state index contributed by atoms with van der Waals surface area (Å²) < 4.78 is 5.04. The highest BCUT2D eigenvalue weighted by Crippen LogP contribution is 2.20. The topological polar surface area (TPSA) is 51.2 Å². The van der Waals surface area contributed by atoms with Gasteiger partial charge >= 0.3 is 0 Å². The van der Waals surface area contributed by atoms with E-state index in [1.165, 1.54) is 19.4 Å². The molecule has 0 atom stereocenters. The number of rotatable bonds is 3. The van der Waals surface area contributed by atoms with Gasteiger partial charge in [-0.2, -0.15) is 0 Å². The monoisotopic (exact) mass is 228 g/mol. The quantitative estimate of drug-likeness (QED) is 0.804. The van der Waals surface area contributed by atoms with Crippen molar-refractivity contribution >= 4 is 17.5 Å². The maximum Gasteiger partial charge on any atom is 0.256 e. The summed E-state index contributed by atoms with van der Waals surface area (Å²) in [6.07, 6.45) is 1.40. The molecule has 0 aliphatic rings. The van der Waals surface area contributed by atoms with Crippen LogP contribution in [0.25, 0.3) is 0 Å². The van der Waals surface area contributed by atoms with Crippen molar-refractivity contribution in [2.24, 2.45) is 0 Å². The average molecular weight is 229 g/mol. The minimum Gasteiger partial charge on any atom is -0.496 e. The lowest BCUT2D eigenvalue weighted by atomic mass is 10.2. The average Bonchev–Trinajstić information content (AvgIpc) is 2.16. The Morgan fingerprint density at radius 1 is 1.60 bits per heavy atom. The van der Waals surface area contributed by atoms with Crippen molar-refractivity contribution in [2.45, 2.75) is 19.9 Å². The van der Waals surface area contributed by atoms with Crippen LogP contribution in [0.15, 0.2) is 12.3 Å². The molecule has 1 aromatic heterocycles. The summed E-state index contributed by atoms with van der Waals surface area (Å²) >= 11 is 5.68. The first-order chi connectivity index (χ1) is 7.04. The minimum absolute atomic E-state index is 0.0675. The van der Waals surface area contributed by atoms with Gasteiger partial charge in [-0.25, -0.2) is 4.98 Å². The van der Waals surface area contributed by atoms with Crippen LogP contribution in [0.2, 0.25) is 5.15 Å². The predicted molar refractivity (Wildman–Crippen MR) is 58.4 cm³/mol. The smallest absolute Gasteiger partial charge is 0.256 e. The van der Waals surface area contributed by atoms with Crippen molar-refractivity contribution in [2.75, 3.05) is 7.11 Å². The van der Waals surface area contributed by atoms with Crippen LogP contribution >= 0.6 is 11.6 Å². The molecule has 4 nitrogen and oxygen atoms in total. The Morgan fingerprint density at radius 3 is 2.80 bits per heavy atom. The van der Waals surface area contributed by atoms with Gasteiger partial charge in [-0.3, -0.25) is 4.79 Å². The van der Waals surface area contributed by atoms with Crippen molar-refractivity contribution in [3.05, 3.63) is 23.0 Å². The van der Waals surface area contributed by atoms with Gasteiger partial charge in [0, 0.05) is 18.3 Å². The van der Waals surface area contributed by atoms with Gasteiger partial charge in [0.25, 0.3) is 5.91 Å². The van der Waals surface area contributed by atoms with Crippen LogP contribution in [0, 0.1) is 0 Å². The summed E-state index contributed by atoms with van der Waals surface area (Å²) in [4.78, 5) is 15.5. The second kappa shape index (κ2) is 4.98. The molecule has 0 spiro atoms. The Kier molecular flexibility index (Phi) is 3.91. The highest BCUT2D eigenvalue weighted by molar-refractivity contribution is 6.29. The molecule has 0 radical (unpaired) electrons. The third-order valence-electron chi connectivity index (χ3n) is 1.72. The highest BCUT2D eigenvalue weighted by atomic mass is 35.5. The number of hydrogen-bond acceptors (Lipinski definition) is 3. The van der Waals surface area contributed by atoms with Gasteiger partial charge in [0.1, 0.15) is 10.9 Å². The first-order valence-electron chi connectivity index (χ1n) is 4.55. The Morgan fingerprint density at radius 2 is 2.27 bits per heavy atom. The van der Waals surface area contributed by atoms with Crippen molar-refractivity contribution in [1.29, 1.82) is 0 Å². The van der Waals surface area contributed by atoms with E-state index in [1.807, 2.05) is 13.8 Å². The molecule has 1 N–H and O–H groups in total. The molecule has 1 rings (SSSR count). The summed E-state index contributed by atoms with van der Waals surface area (Å²) in [6, 6.07) is 1.58. The van der Waals surface area contributed by atoms with Crippen LogP contribution in [0.5, 0.6) is 5.75 Å². The summed E-state index contributed by atoms with van der Waals surface area (Å²) in [5.74, 6) is 0.208. The summed E-state index contributed by atoms with van der Waals surface area (Å²) in [6.45, 7) is 3.77. The van der Waals surface area contributed by atoms with Gasteiger partial charge in [0.2, 0.25) is 0 Å². The van der Waals surface area contributed by atoms with Gasteiger partial charge in [-0.15, -0.1) is 0 Å². The number of aromatic nitrogens is 1. The molecule has 1 amide bonds. The van der Waals surface area contributed by atoms with E-state index in [9.17, 15) is 4.79 Å².